The van der Waals surface area contributed by atoms with Crippen LogP contribution < -0.4 is 10.2 Å². The van der Waals surface area contributed by atoms with Crippen molar-refractivity contribution in [3.05, 3.63) is 58.9 Å². The number of carbonyl (C=O) groups is 1. The number of rotatable bonds is 6. The van der Waals surface area contributed by atoms with Crippen LogP contribution >= 0.6 is 11.6 Å². The fraction of sp³-hybridized carbons (Fsp3) is 0.478. The molecule has 204 valence electrons. The molecule has 1 aromatic heterocycles. The predicted octanol–water partition coefficient (Wildman–Crippen LogP) is 6.64. The molecule has 1 fully saturated rings. The Kier molecular flexibility index (Phi) is 7.97. The average Bonchev–Trinajstić information content (AvgIpc) is 3.25. The molecular weight excluding hydrogens is 541 g/mol. The van der Waals surface area contributed by atoms with Gasteiger partial charge in [-0.3, -0.25) is 4.79 Å². The molecule has 2 heterocycles. The lowest BCUT2D eigenvalue weighted by molar-refractivity contribution is -0.185. The molecule has 1 aromatic carbocycles. The summed E-state index contributed by atoms with van der Waals surface area (Å²) in [6, 6.07) is 5.72. The minimum Gasteiger partial charge on any atom is -0.370 e. The predicted molar refractivity (Wildman–Crippen MR) is 117 cm³/mol. The molecule has 4 nitrogen and oxygen atoms in total. The molecule has 1 amide bonds. The maximum Gasteiger partial charge on any atom is 0.433 e. The van der Waals surface area contributed by atoms with E-state index in [4.69, 9.17) is 11.6 Å². The number of amides is 1. The lowest BCUT2D eigenvalue weighted by atomic mass is 9.78. The first-order valence-electron chi connectivity index (χ1n) is 10.9. The van der Waals surface area contributed by atoms with Gasteiger partial charge in [0.2, 0.25) is 5.91 Å². The molecule has 14 heteroatoms. The Morgan fingerprint density at radius 1 is 1.03 bits per heavy atom. The van der Waals surface area contributed by atoms with Gasteiger partial charge in [-0.1, -0.05) is 12.1 Å². The number of aromatic nitrogens is 1. The van der Waals surface area contributed by atoms with E-state index in [1.807, 2.05) is 0 Å². The minimum absolute atomic E-state index is 0.0422. The first-order valence-corrected chi connectivity index (χ1v) is 11.5. The van der Waals surface area contributed by atoms with Crippen LogP contribution in [0.4, 0.5) is 45.2 Å². The lowest BCUT2D eigenvalue weighted by Crippen LogP contribution is -2.45. The summed E-state index contributed by atoms with van der Waals surface area (Å²) in [5.74, 6) is -0.172. The molecule has 0 radical (unpaired) electrons. The number of carbonyl (C=O) groups excluding carboxylic acids is 1. The van der Waals surface area contributed by atoms with E-state index in [0.29, 0.717) is 5.56 Å². The number of alkyl halides is 10. The van der Waals surface area contributed by atoms with Gasteiger partial charge in [-0.15, -0.1) is 11.6 Å². The molecule has 2 unspecified atom stereocenters. The number of hydrogen-bond acceptors (Lipinski definition) is 3. The van der Waals surface area contributed by atoms with E-state index in [9.17, 15) is 44.3 Å². The van der Waals surface area contributed by atoms with E-state index in [2.05, 4.69) is 10.3 Å². The van der Waals surface area contributed by atoms with Crippen molar-refractivity contribution in [2.45, 2.75) is 49.8 Å². The van der Waals surface area contributed by atoms with E-state index in [0.717, 1.165) is 0 Å². The third-order valence-corrected chi connectivity index (χ3v) is 6.42. The van der Waals surface area contributed by atoms with Crippen LogP contribution in [0.3, 0.4) is 0 Å². The number of hydrogen-bond donors (Lipinski definition) is 1. The van der Waals surface area contributed by atoms with Gasteiger partial charge < -0.3 is 10.2 Å². The summed E-state index contributed by atoms with van der Waals surface area (Å²) in [5, 5.41) is 2.70. The van der Waals surface area contributed by atoms with Gasteiger partial charge in [0.05, 0.1) is 6.04 Å². The molecule has 0 bridgehead atoms. The Balaban J connectivity index is 1.95. The van der Waals surface area contributed by atoms with Gasteiger partial charge in [0.1, 0.15) is 16.8 Å². The van der Waals surface area contributed by atoms with Gasteiger partial charge in [-0.2, -0.15) is 39.5 Å². The molecule has 2 aromatic rings. The van der Waals surface area contributed by atoms with Crippen LogP contribution in [0, 0.1) is 0 Å². The highest BCUT2D eigenvalue weighted by Gasteiger charge is 2.60. The summed E-state index contributed by atoms with van der Waals surface area (Å²) in [7, 11) is 0. The van der Waals surface area contributed by atoms with Crippen LogP contribution in [-0.4, -0.2) is 36.0 Å². The Labute approximate surface area is 210 Å². The standard InChI is InChI=1S/C23H21ClF9N3O/c1-13(34-19(37)6-8-24)14-2-4-16(5-3-14)36-9-7-20(12-36,23(31,32)33)15-10-17(21(25,26)27)35-18(11-15)22(28,29)30/h2-5,10-11,13H,6-9,12H2,1H3,(H,34,37). The third kappa shape index (κ3) is 6.24. The number of nitrogens with zero attached hydrogens (tertiary/aromatic N) is 2. The van der Waals surface area contributed by atoms with E-state index in [1.165, 1.54) is 17.0 Å². The molecular formula is C23H21ClF9N3O. The van der Waals surface area contributed by atoms with Crippen LogP contribution in [0.1, 0.15) is 48.3 Å². The van der Waals surface area contributed by atoms with Crippen LogP contribution in [0.15, 0.2) is 36.4 Å². The van der Waals surface area contributed by atoms with Crippen molar-refractivity contribution in [1.82, 2.24) is 10.3 Å². The fourth-order valence-electron chi connectivity index (χ4n) is 4.21. The molecule has 1 aliphatic rings. The van der Waals surface area contributed by atoms with Crippen molar-refractivity contribution < 1.29 is 44.3 Å². The Morgan fingerprint density at radius 3 is 2.03 bits per heavy atom. The smallest absolute Gasteiger partial charge is 0.370 e. The van der Waals surface area contributed by atoms with Crippen molar-refractivity contribution >= 4 is 23.2 Å². The van der Waals surface area contributed by atoms with Crippen molar-refractivity contribution in [2.24, 2.45) is 0 Å². The number of halogens is 10. The van der Waals surface area contributed by atoms with Gasteiger partial charge in [0.25, 0.3) is 0 Å². The normalized spacial score (nSPS) is 19.7. The van der Waals surface area contributed by atoms with Crippen LogP contribution in [0.5, 0.6) is 0 Å². The third-order valence-electron chi connectivity index (χ3n) is 6.23. The first-order chi connectivity index (χ1) is 17.0. The Bertz CT molecular complexity index is 1080. The van der Waals surface area contributed by atoms with Gasteiger partial charge >= 0.3 is 18.5 Å². The van der Waals surface area contributed by atoms with E-state index in [1.54, 1.807) is 19.1 Å². The number of pyridine rings is 1. The molecule has 0 aliphatic carbocycles. The van der Waals surface area contributed by atoms with Gasteiger partial charge in [0.15, 0.2) is 0 Å². The first kappa shape index (κ1) is 28.9. The molecule has 1 saturated heterocycles. The quantitative estimate of drug-likeness (QED) is 0.318. The lowest BCUT2D eigenvalue weighted by Gasteiger charge is -2.33. The van der Waals surface area contributed by atoms with Crippen LogP contribution in [0.25, 0.3) is 0 Å². The largest absolute Gasteiger partial charge is 0.433 e. The van der Waals surface area contributed by atoms with Gasteiger partial charge in [0, 0.05) is 31.1 Å². The maximum absolute atomic E-state index is 14.3. The number of benzene rings is 1. The maximum atomic E-state index is 14.3. The summed E-state index contributed by atoms with van der Waals surface area (Å²) >= 11 is 5.52. The summed E-state index contributed by atoms with van der Waals surface area (Å²) in [5.41, 5.74) is -7.31. The molecule has 2 atom stereocenters. The van der Waals surface area contributed by atoms with Crippen molar-refractivity contribution in [2.75, 3.05) is 23.9 Å². The molecule has 0 spiro atoms. The molecule has 1 N–H and O–H groups in total. The summed E-state index contributed by atoms with van der Waals surface area (Å²) in [6.45, 7) is 0.522. The van der Waals surface area contributed by atoms with Gasteiger partial charge in [-0.25, -0.2) is 4.98 Å². The zero-order valence-corrected chi connectivity index (χ0v) is 19.9. The molecule has 1 aliphatic heterocycles. The zero-order valence-electron chi connectivity index (χ0n) is 19.2. The molecule has 0 saturated carbocycles. The summed E-state index contributed by atoms with van der Waals surface area (Å²) in [6.07, 6.45) is -16.6. The Morgan fingerprint density at radius 2 is 1.57 bits per heavy atom. The highest BCUT2D eigenvalue weighted by molar-refractivity contribution is 6.18. The van der Waals surface area contributed by atoms with E-state index >= 15 is 0 Å². The van der Waals surface area contributed by atoms with Crippen molar-refractivity contribution in [3.63, 3.8) is 0 Å². The monoisotopic (exact) mass is 561 g/mol. The van der Waals surface area contributed by atoms with Crippen molar-refractivity contribution in [1.29, 1.82) is 0 Å². The van der Waals surface area contributed by atoms with Crippen LogP contribution in [-0.2, 0) is 22.6 Å². The van der Waals surface area contributed by atoms with E-state index in [-0.39, 0.29) is 42.6 Å². The van der Waals surface area contributed by atoms with Gasteiger partial charge in [-0.05, 0) is 48.7 Å². The minimum atomic E-state index is -5.38. The summed E-state index contributed by atoms with van der Waals surface area (Å²) < 4.78 is 123. The molecule has 3 rings (SSSR count). The second kappa shape index (κ2) is 10.2. The highest BCUT2D eigenvalue weighted by Crippen LogP contribution is 2.50. The van der Waals surface area contributed by atoms with Crippen molar-refractivity contribution in [3.8, 4) is 0 Å². The highest BCUT2D eigenvalue weighted by atomic mass is 35.5. The van der Waals surface area contributed by atoms with E-state index < -0.39 is 59.9 Å². The zero-order chi connectivity index (χ0) is 27.8. The number of nitrogens with one attached hydrogen (secondary N) is 1. The molecule has 37 heavy (non-hydrogen) atoms. The fourth-order valence-corrected chi connectivity index (χ4v) is 4.39. The topological polar surface area (TPSA) is 45.2 Å². The van der Waals surface area contributed by atoms with Crippen LogP contribution in [0.2, 0.25) is 0 Å². The number of anilines is 1. The second-order valence-corrected chi connectivity index (χ2v) is 9.07. The SMILES string of the molecule is CC(NC(=O)CCCl)c1ccc(N2CCC(c3cc(C(F)(F)F)nc(C(F)(F)F)c3)(C(F)(F)F)C2)cc1. The average molecular weight is 562 g/mol. The summed E-state index contributed by atoms with van der Waals surface area (Å²) in [4.78, 5) is 15.5. The Hall–Kier alpha value is -2.70. The second-order valence-electron chi connectivity index (χ2n) is 8.69.